The molecule has 4 rings (SSSR count). The third kappa shape index (κ3) is 4.13. The van der Waals surface area contributed by atoms with Gasteiger partial charge in [-0.1, -0.05) is 6.07 Å². The molecule has 1 saturated carbocycles. The lowest BCUT2D eigenvalue weighted by molar-refractivity contribution is -0.286. The monoisotopic (exact) mass is 420 g/mol. The first kappa shape index (κ1) is 20.3. The summed E-state index contributed by atoms with van der Waals surface area (Å²) in [5, 5.41) is 12.9. The molecule has 0 saturated heterocycles. The molecule has 0 spiro atoms. The van der Waals surface area contributed by atoms with E-state index >= 15 is 0 Å². The lowest BCUT2D eigenvalue weighted by Gasteiger charge is -2.26. The predicted octanol–water partition coefficient (Wildman–Crippen LogP) is 3.18. The van der Waals surface area contributed by atoms with E-state index in [1.807, 2.05) is 0 Å². The third-order valence-corrected chi connectivity index (χ3v) is 5.17. The average Bonchev–Trinajstić information content (AvgIpc) is 3.04. The van der Waals surface area contributed by atoms with E-state index in [-0.39, 0.29) is 35.8 Å². The van der Waals surface area contributed by atoms with Crippen LogP contribution in [-0.4, -0.2) is 46.0 Å². The Morgan fingerprint density at radius 1 is 1.27 bits per heavy atom. The van der Waals surface area contributed by atoms with Crippen LogP contribution in [0.1, 0.15) is 43.0 Å². The molecule has 1 fully saturated rings. The molecule has 1 amide bonds. The zero-order valence-corrected chi connectivity index (χ0v) is 16.3. The second-order valence-electron chi connectivity index (χ2n) is 7.24. The van der Waals surface area contributed by atoms with E-state index in [4.69, 9.17) is 0 Å². The molecule has 2 N–H and O–H groups in total. The summed E-state index contributed by atoms with van der Waals surface area (Å²) in [5.41, 5.74) is -0.0408. The Hall–Kier alpha value is -3.01. The Bertz CT molecular complexity index is 935. The van der Waals surface area contributed by atoms with Crippen molar-refractivity contribution >= 4 is 17.7 Å². The minimum atomic E-state index is -3.81. The van der Waals surface area contributed by atoms with Crippen molar-refractivity contribution in [3.05, 3.63) is 36.0 Å². The highest BCUT2D eigenvalue weighted by Gasteiger charge is 2.45. The summed E-state index contributed by atoms with van der Waals surface area (Å²) < 4.78 is 35.9. The summed E-state index contributed by atoms with van der Waals surface area (Å²) in [7, 11) is 0. The lowest BCUT2D eigenvalue weighted by Crippen LogP contribution is -2.33. The highest BCUT2D eigenvalue weighted by atomic mass is 19.3. The number of alkyl halides is 2. The number of amides is 1. The summed E-state index contributed by atoms with van der Waals surface area (Å²) >= 11 is 0. The molecule has 2 aliphatic rings. The highest BCUT2D eigenvalue weighted by Crippen LogP contribution is 2.43. The Balaban J connectivity index is 1.55. The van der Waals surface area contributed by atoms with Gasteiger partial charge in [0.05, 0.1) is 11.7 Å². The van der Waals surface area contributed by atoms with Gasteiger partial charge in [-0.25, -0.2) is 4.98 Å². The van der Waals surface area contributed by atoms with Crippen LogP contribution in [0.3, 0.4) is 0 Å². The van der Waals surface area contributed by atoms with Crippen LogP contribution in [0.2, 0.25) is 0 Å². The maximum Gasteiger partial charge on any atom is 0.586 e. The number of aliphatic hydroxyl groups excluding tert-OH is 1. The van der Waals surface area contributed by atoms with Crippen molar-refractivity contribution in [2.75, 3.05) is 16.8 Å². The third-order valence-electron chi connectivity index (χ3n) is 5.17. The molecule has 0 unspecified atom stereocenters. The molecule has 30 heavy (non-hydrogen) atoms. The molecule has 1 aromatic heterocycles. The Morgan fingerprint density at radius 3 is 2.77 bits per heavy atom. The Kier molecular flexibility index (Phi) is 5.42. The van der Waals surface area contributed by atoms with Crippen molar-refractivity contribution in [2.45, 2.75) is 51.0 Å². The van der Waals surface area contributed by atoms with Gasteiger partial charge in [0.25, 0.3) is 5.91 Å². The van der Waals surface area contributed by atoms with Crippen LogP contribution in [0.5, 0.6) is 11.5 Å². The van der Waals surface area contributed by atoms with Crippen molar-refractivity contribution in [3.63, 3.8) is 0 Å². The van der Waals surface area contributed by atoms with E-state index in [2.05, 4.69) is 24.8 Å². The largest absolute Gasteiger partial charge is 0.586 e. The van der Waals surface area contributed by atoms with Gasteiger partial charge in [-0.15, -0.1) is 8.78 Å². The summed E-state index contributed by atoms with van der Waals surface area (Å²) in [4.78, 5) is 23.1. The van der Waals surface area contributed by atoms with Crippen molar-refractivity contribution in [2.24, 2.45) is 0 Å². The normalized spacial score (nSPS) is 21.9. The van der Waals surface area contributed by atoms with Crippen LogP contribution < -0.4 is 19.7 Å². The number of carbonyl (C=O) groups is 1. The quantitative estimate of drug-likeness (QED) is 0.767. The number of rotatable bonds is 5. The van der Waals surface area contributed by atoms with E-state index in [9.17, 15) is 18.7 Å². The van der Waals surface area contributed by atoms with Crippen LogP contribution in [0, 0.1) is 0 Å². The van der Waals surface area contributed by atoms with Crippen LogP contribution >= 0.6 is 0 Å². The fraction of sp³-hybridized carbons (Fsp3) is 0.450. The van der Waals surface area contributed by atoms with E-state index in [0.717, 1.165) is 12.8 Å². The molecule has 0 radical (unpaired) electrons. The van der Waals surface area contributed by atoms with E-state index in [0.29, 0.717) is 24.6 Å². The van der Waals surface area contributed by atoms with Crippen LogP contribution in [0.15, 0.2) is 30.5 Å². The minimum absolute atomic E-state index is 0.0408. The molecule has 2 heterocycles. The fourth-order valence-corrected chi connectivity index (χ4v) is 3.66. The number of fused-ring (bicyclic) bond motifs is 1. The highest BCUT2D eigenvalue weighted by molar-refractivity contribution is 6.08. The van der Waals surface area contributed by atoms with Crippen molar-refractivity contribution < 1.29 is 28.2 Å². The molecule has 160 valence electrons. The second kappa shape index (κ2) is 8.02. The second-order valence-corrected chi connectivity index (χ2v) is 7.24. The van der Waals surface area contributed by atoms with Gasteiger partial charge in [0.15, 0.2) is 11.5 Å². The smallest absolute Gasteiger partial charge is 0.395 e. The summed E-state index contributed by atoms with van der Waals surface area (Å²) in [6.45, 7) is 2.01. The summed E-state index contributed by atoms with van der Waals surface area (Å²) in [6, 6.07) is 5.89. The Labute approximate surface area is 171 Å². The molecule has 8 nitrogen and oxygen atoms in total. The molecule has 1 aliphatic heterocycles. The minimum Gasteiger partial charge on any atom is -0.395 e. The van der Waals surface area contributed by atoms with Gasteiger partial charge in [-0.05, 0) is 50.8 Å². The Morgan fingerprint density at radius 2 is 2.03 bits per heavy atom. The standard InChI is InChI=1S/C20H22F2N4O4/c1-2-26(18(28)14-4-3-5-15-17(14)30-20(21,22)29-15)16-10-11-23-19(25-16)24-12-6-8-13(27)9-7-12/h3-5,10-13,27H,2,6-9H2,1H3,(H,23,24,25). The number of nitrogens with one attached hydrogen (secondary N) is 1. The van der Waals surface area contributed by atoms with Gasteiger partial charge >= 0.3 is 6.29 Å². The maximum absolute atomic E-state index is 13.5. The molecule has 1 aliphatic carbocycles. The van der Waals surface area contributed by atoms with Crippen molar-refractivity contribution in [1.29, 1.82) is 0 Å². The van der Waals surface area contributed by atoms with Gasteiger partial charge in [0, 0.05) is 18.8 Å². The number of hydrogen-bond acceptors (Lipinski definition) is 7. The topological polar surface area (TPSA) is 96.8 Å². The predicted molar refractivity (Wildman–Crippen MR) is 104 cm³/mol. The molecule has 10 heteroatoms. The number of nitrogens with zero attached hydrogens (tertiary/aromatic N) is 3. The van der Waals surface area contributed by atoms with Crippen LogP contribution in [0.25, 0.3) is 0 Å². The summed E-state index contributed by atoms with van der Waals surface area (Å²) in [6.07, 6.45) is 0.469. The number of halogens is 2. The first-order valence-electron chi connectivity index (χ1n) is 9.84. The van der Waals surface area contributed by atoms with Gasteiger partial charge in [0.2, 0.25) is 5.95 Å². The number of aliphatic hydroxyl groups is 1. The molecule has 0 atom stereocenters. The molecule has 1 aromatic carbocycles. The van der Waals surface area contributed by atoms with E-state index < -0.39 is 12.2 Å². The number of aromatic nitrogens is 2. The van der Waals surface area contributed by atoms with E-state index in [1.165, 1.54) is 29.3 Å². The van der Waals surface area contributed by atoms with Gasteiger partial charge in [0.1, 0.15) is 5.82 Å². The van der Waals surface area contributed by atoms with Crippen LogP contribution in [-0.2, 0) is 0 Å². The van der Waals surface area contributed by atoms with Crippen molar-refractivity contribution in [3.8, 4) is 11.5 Å². The fourth-order valence-electron chi connectivity index (χ4n) is 3.66. The van der Waals surface area contributed by atoms with Gasteiger partial charge < -0.3 is 19.9 Å². The average molecular weight is 420 g/mol. The molecule has 2 aromatic rings. The number of carbonyl (C=O) groups excluding carboxylic acids is 1. The van der Waals surface area contributed by atoms with Crippen LogP contribution in [0.4, 0.5) is 20.5 Å². The van der Waals surface area contributed by atoms with Crippen molar-refractivity contribution in [1.82, 2.24) is 9.97 Å². The SMILES string of the molecule is CCN(C(=O)c1cccc2c1OC(F)(F)O2)c1ccnc(NC2CCC(O)CC2)n1. The van der Waals surface area contributed by atoms with E-state index in [1.54, 1.807) is 13.0 Å². The van der Waals surface area contributed by atoms with Gasteiger partial charge in [-0.2, -0.15) is 4.98 Å². The maximum atomic E-state index is 13.5. The first-order valence-corrected chi connectivity index (χ1v) is 9.84. The van der Waals surface area contributed by atoms with Gasteiger partial charge in [-0.3, -0.25) is 9.69 Å². The number of para-hydroxylation sites is 1. The zero-order valence-electron chi connectivity index (χ0n) is 16.3. The number of ether oxygens (including phenoxy) is 2. The molecular formula is C20H22F2N4O4. The molecule has 0 bridgehead atoms. The summed E-state index contributed by atoms with van der Waals surface area (Å²) in [5.74, 6) is -0.324. The lowest BCUT2D eigenvalue weighted by atomic mass is 9.93. The molecular weight excluding hydrogens is 398 g/mol. The zero-order chi connectivity index (χ0) is 21.3. The number of hydrogen-bond donors (Lipinski definition) is 2. The first-order chi connectivity index (χ1) is 14.4. The number of anilines is 2. The number of benzene rings is 1.